The zero-order chi connectivity index (χ0) is 23.7. The van der Waals surface area contributed by atoms with Gasteiger partial charge in [-0.3, -0.25) is 0 Å². The van der Waals surface area contributed by atoms with Crippen molar-refractivity contribution >= 4 is 11.7 Å². The van der Waals surface area contributed by atoms with Crippen LogP contribution in [0.1, 0.15) is 28.4 Å². The molecule has 0 bridgehead atoms. The van der Waals surface area contributed by atoms with E-state index < -0.39 is 0 Å². The Morgan fingerprint density at radius 2 is 1.68 bits per heavy atom. The number of carbonyl (C=O) groups excluding carboxylic acids is 1. The lowest BCUT2D eigenvalue weighted by Gasteiger charge is -2.31. The van der Waals surface area contributed by atoms with Crippen molar-refractivity contribution in [2.45, 2.75) is 19.5 Å². The van der Waals surface area contributed by atoms with Gasteiger partial charge in [0.05, 0.1) is 32.5 Å². The van der Waals surface area contributed by atoms with E-state index in [1.54, 1.807) is 14.2 Å². The van der Waals surface area contributed by atoms with Gasteiger partial charge in [-0.15, -0.1) is 0 Å². The molecule has 172 valence electrons. The highest BCUT2D eigenvalue weighted by atomic mass is 16.5. The number of nitrogens with one attached hydrogen (secondary N) is 1. The number of fused-ring (bicyclic) bond motifs is 3. The SMILES string of the molecule is COc1ccc(C2c3cccn3-c3ccccc3CN2C(=O)Nc2ccccc2C)cc1OC. The highest BCUT2D eigenvalue weighted by molar-refractivity contribution is 5.91. The van der Waals surface area contributed by atoms with Crippen LogP contribution >= 0.6 is 0 Å². The van der Waals surface area contributed by atoms with Crippen LogP contribution in [0.25, 0.3) is 5.69 Å². The van der Waals surface area contributed by atoms with Gasteiger partial charge in [0.15, 0.2) is 11.5 Å². The number of methoxy groups -OCH3 is 2. The summed E-state index contributed by atoms with van der Waals surface area (Å²) < 4.78 is 13.2. The van der Waals surface area contributed by atoms with E-state index in [4.69, 9.17) is 9.47 Å². The van der Waals surface area contributed by atoms with Crippen LogP contribution < -0.4 is 14.8 Å². The third-order valence-corrected chi connectivity index (χ3v) is 6.33. The van der Waals surface area contributed by atoms with E-state index in [9.17, 15) is 4.79 Å². The number of ether oxygens (including phenoxy) is 2. The van der Waals surface area contributed by atoms with Gasteiger partial charge >= 0.3 is 6.03 Å². The van der Waals surface area contributed by atoms with Crippen molar-refractivity contribution in [3.8, 4) is 17.2 Å². The highest BCUT2D eigenvalue weighted by Gasteiger charge is 2.33. The van der Waals surface area contributed by atoms with Gasteiger partial charge in [-0.05, 0) is 60.0 Å². The third kappa shape index (κ3) is 3.77. The van der Waals surface area contributed by atoms with Gasteiger partial charge in [0, 0.05) is 17.6 Å². The first-order valence-electron chi connectivity index (χ1n) is 11.2. The van der Waals surface area contributed by atoms with Crippen molar-refractivity contribution in [3.63, 3.8) is 0 Å². The van der Waals surface area contributed by atoms with Crippen LogP contribution in [0.5, 0.6) is 11.5 Å². The molecule has 0 saturated heterocycles. The Hall–Kier alpha value is -4.19. The minimum atomic E-state index is -0.341. The molecule has 0 aliphatic carbocycles. The molecule has 0 radical (unpaired) electrons. The summed E-state index contributed by atoms with van der Waals surface area (Å²) >= 11 is 0. The molecule has 5 rings (SSSR count). The molecule has 0 fully saturated rings. The molecule has 1 unspecified atom stereocenters. The van der Waals surface area contributed by atoms with E-state index >= 15 is 0 Å². The lowest BCUT2D eigenvalue weighted by atomic mass is 10.0. The van der Waals surface area contributed by atoms with Gasteiger partial charge in [-0.25, -0.2) is 4.79 Å². The van der Waals surface area contributed by atoms with E-state index in [-0.39, 0.29) is 12.1 Å². The maximum absolute atomic E-state index is 13.8. The Balaban J connectivity index is 1.66. The quantitative estimate of drug-likeness (QED) is 0.416. The third-order valence-electron chi connectivity index (χ3n) is 6.33. The predicted molar refractivity (Wildman–Crippen MR) is 133 cm³/mol. The van der Waals surface area contributed by atoms with Gasteiger partial charge < -0.3 is 24.3 Å². The molecule has 6 nitrogen and oxygen atoms in total. The molecule has 1 N–H and O–H groups in total. The van der Waals surface area contributed by atoms with Crippen molar-refractivity contribution in [3.05, 3.63) is 107 Å². The molecule has 3 aromatic carbocycles. The molecule has 4 aromatic rings. The smallest absolute Gasteiger partial charge is 0.322 e. The van der Waals surface area contributed by atoms with Crippen molar-refractivity contribution in [1.82, 2.24) is 9.47 Å². The number of carbonyl (C=O) groups is 1. The normalized spacial score (nSPS) is 14.6. The van der Waals surface area contributed by atoms with Crippen LogP contribution in [0.4, 0.5) is 10.5 Å². The van der Waals surface area contributed by atoms with Crippen LogP contribution in [-0.4, -0.2) is 29.7 Å². The van der Waals surface area contributed by atoms with Crippen LogP contribution in [0.2, 0.25) is 0 Å². The van der Waals surface area contributed by atoms with E-state index in [1.165, 1.54) is 0 Å². The Labute approximate surface area is 199 Å². The number of para-hydroxylation sites is 2. The van der Waals surface area contributed by atoms with E-state index in [2.05, 4.69) is 28.1 Å². The molecule has 0 spiro atoms. The zero-order valence-electron chi connectivity index (χ0n) is 19.5. The lowest BCUT2D eigenvalue weighted by molar-refractivity contribution is 0.194. The summed E-state index contributed by atoms with van der Waals surface area (Å²) in [6.07, 6.45) is 2.05. The van der Waals surface area contributed by atoms with Gasteiger partial charge in [-0.2, -0.15) is 0 Å². The summed E-state index contributed by atoms with van der Waals surface area (Å²) in [5.41, 5.74) is 5.88. The van der Waals surface area contributed by atoms with Crippen molar-refractivity contribution in [2.24, 2.45) is 0 Å². The minimum Gasteiger partial charge on any atom is -0.493 e. The molecule has 1 aliphatic rings. The Bertz CT molecular complexity index is 1340. The number of benzene rings is 3. The first-order valence-corrected chi connectivity index (χ1v) is 11.2. The molecule has 2 amide bonds. The first kappa shape index (κ1) is 21.6. The number of rotatable bonds is 4. The van der Waals surface area contributed by atoms with Gasteiger partial charge in [-0.1, -0.05) is 42.5 Å². The summed E-state index contributed by atoms with van der Waals surface area (Å²) in [4.78, 5) is 15.7. The maximum atomic E-state index is 13.8. The van der Waals surface area contributed by atoms with Crippen LogP contribution in [0.15, 0.2) is 85.1 Å². The van der Waals surface area contributed by atoms with Crippen molar-refractivity contribution in [1.29, 1.82) is 0 Å². The number of nitrogens with zero attached hydrogens (tertiary/aromatic N) is 2. The van der Waals surface area contributed by atoms with Gasteiger partial charge in [0.25, 0.3) is 0 Å². The molecular weight excluding hydrogens is 426 g/mol. The largest absolute Gasteiger partial charge is 0.493 e. The molecule has 2 heterocycles. The summed E-state index contributed by atoms with van der Waals surface area (Å²) in [6.45, 7) is 2.44. The lowest BCUT2D eigenvalue weighted by Crippen LogP contribution is -2.38. The Morgan fingerprint density at radius 3 is 2.47 bits per heavy atom. The molecule has 34 heavy (non-hydrogen) atoms. The zero-order valence-corrected chi connectivity index (χ0v) is 19.5. The molecule has 6 heteroatoms. The predicted octanol–water partition coefficient (Wildman–Crippen LogP) is 5.94. The number of amides is 2. The fraction of sp³-hybridized carbons (Fsp3) is 0.179. The fourth-order valence-electron chi connectivity index (χ4n) is 4.61. The second kappa shape index (κ2) is 8.98. The van der Waals surface area contributed by atoms with Crippen LogP contribution in [-0.2, 0) is 6.54 Å². The monoisotopic (exact) mass is 453 g/mol. The number of anilines is 1. The molecule has 1 aromatic heterocycles. The van der Waals surface area contributed by atoms with E-state index in [0.717, 1.165) is 33.8 Å². The van der Waals surface area contributed by atoms with Crippen molar-refractivity contribution < 1.29 is 14.3 Å². The molecule has 1 aliphatic heterocycles. The summed E-state index contributed by atoms with van der Waals surface area (Å²) in [7, 11) is 3.24. The van der Waals surface area contributed by atoms with Crippen LogP contribution in [0.3, 0.4) is 0 Å². The Morgan fingerprint density at radius 1 is 0.912 bits per heavy atom. The molecule has 1 atom stereocenters. The second-order valence-corrected chi connectivity index (χ2v) is 8.32. The summed E-state index contributed by atoms with van der Waals surface area (Å²) in [5, 5.41) is 3.13. The van der Waals surface area contributed by atoms with Crippen molar-refractivity contribution in [2.75, 3.05) is 19.5 Å². The average molecular weight is 454 g/mol. The summed E-state index contributed by atoms with van der Waals surface area (Å²) in [5.74, 6) is 1.27. The topological polar surface area (TPSA) is 55.7 Å². The summed E-state index contributed by atoms with van der Waals surface area (Å²) in [6, 6.07) is 25.4. The molecule has 0 saturated carbocycles. The minimum absolute atomic E-state index is 0.168. The molecular formula is C28H27N3O3. The standard InChI is InChI=1S/C28H27N3O3/c1-19-9-4-6-11-22(19)29-28(32)31-18-21-10-5-7-12-23(21)30-16-8-13-24(30)27(31)20-14-15-25(33-2)26(17-20)34-3/h4-17,27H,18H2,1-3H3,(H,29,32). The number of hydrogen-bond donors (Lipinski definition) is 1. The van der Waals surface area contributed by atoms with E-state index in [1.807, 2.05) is 78.7 Å². The average Bonchev–Trinajstić information content (AvgIpc) is 3.29. The number of urea groups is 1. The number of aryl methyl sites for hydroxylation is 1. The fourth-order valence-corrected chi connectivity index (χ4v) is 4.61. The van der Waals surface area contributed by atoms with Crippen LogP contribution in [0, 0.1) is 6.92 Å². The number of hydrogen-bond acceptors (Lipinski definition) is 3. The highest BCUT2D eigenvalue weighted by Crippen LogP contribution is 2.39. The second-order valence-electron chi connectivity index (χ2n) is 8.32. The van der Waals surface area contributed by atoms with Gasteiger partial charge in [0.1, 0.15) is 0 Å². The van der Waals surface area contributed by atoms with Gasteiger partial charge in [0.2, 0.25) is 0 Å². The first-order chi connectivity index (χ1) is 16.6. The maximum Gasteiger partial charge on any atom is 0.322 e. The van der Waals surface area contributed by atoms with E-state index in [0.29, 0.717) is 18.0 Å². The Kier molecular flexibility index (Phi) is 5.72. The number of aromatic nitrogens is 1.